The van der Waals surface area contributed by atoms with Crippen LogP contribution < -0.4 is 0 Å². The molecule has 2 aliphatic rings. The van der Waals surface area contributed by atoms with Crippen LogP contribution in [0.4, 0.5) is 0 Å². The number of benzene rings is 1. The third-order valence-corrected chi connectivity index (χ3v) is 7.96. The van der Waals surface area contributed by atoms with Crippen molar-refractivity contribution in [3.05, 3.63) is 29.8 Å². The highest BCUT2D eigenvalue weighted by Crippen LogP contribution is 2.27. The van der Waals surface area contributed by atoms with Crippen molar-refractivity contribution >= 4 is 15.9 Å². The summed E-state index contributed by atoms with van der Waals surface area (Å²) >= 11 is 0. The molecule has 27 heavy (non-hydrogen) atoms. The number of piperazine rings is 1. The normalized spacial score (nSPS) is 20.0. The van der Waals surface area contributed by atoms with Crippen LogP contribution in [0.25, 0.3) is 0 Å². The molecule has 1 saturated carbocycles. The lowest BCUT2D eigenvalue weighted by Crippen LogP contribution is -2.50. The zero-order valence-electron chi connectivity index (χ0n) is 16.4. The van der Waals surface area contributed by atoms with Gasteiger partial charge in [-0.1, -0.05) is 51.2 Å². The predicted molar refractivity (Wildman–Crippen MR) is 107 cm³/mol. The van der Waals surface area contributed by atoms with Gasteiger partial charge in [-0.15, -0.1) is 0 Å². The van der Waals surface area contributed by atoms with E-state index in [1.54, 1.807) is 12.1 Å². The number of sulfonamides is 1. The van der Waals surface area contributed by atoms with E-state index in [1.807, 2.05) is 24.0 Å². The van der Waals surface area contributed by atoms with Crippen molar-refractivity contribution < 1.29 is 13.2 Å². The second kappa shape index (κ2) is 9.20. The molecule has 3 rings (SSSR count). The zero-order chi connectivity index (χ0) is 19.3. The number of carbonyl (C=O) groups excluding carboxylic acids is 1. The maximum absolute atomic E-state index is 12.8. The Morgan fingerprint density at radius 3 is 2.22 bits per heavy atom. The number of carbonyl (C=O) groups is 1. The molecule has 1 saturated heterocycles. The van der Waals surface area contributed by atoms with Crippen LogP contribution in [0.5, 0.6) is 0 Å². The highest BCUT2D eigenvalue weighted by Gasteiger charge is 2.30. The van der Waals surface area contributed by atoms with Gasteiger partial charge in [0.25, 0.3) is 0 Å². The summed E-state index contributed by atoms with van der Waals surface area (Å²) in [6, 6.07) is 7.13. The molecule has 0 aromatic heterocycles. The Labute approximate surface area is 163 Å². The van der Waals surface area contributed by atoms with Crippen molar-refractivity contribution in [2.75, 3.05) is 26.2 Å². The first kappa shape index (κ1) is 20.3. The molecule has 0 bridgehead atoms. The van der Waals surface area contributed by atoms with Crippen LogP contribution in [0.3, 0.4) is 0 Å². The number of hydrogen-bond donors (Lipinski definition) is 0. The molecule has 150 valence electrons. The average Bonchev–Trinajstić information content (AvgIpc) is 2.73. The molecule has 1 aliphatic heterocycles. The lowest BCUT2D eigenvalue weighted by Gasteiger charge is -2.34. The van der Waals surface area contributed by atoms with E-state index in [0.717, 1.165) is 18.4 Å². The fourth-order valence-electron chi connectivity index (χ4n) is 4.19. The van der Waals surface area contributed by atoms with Crippen LogP contribution in [0.1, 0.15) is 57.4 Å². The van der Waals surface area contributed by atoms with Gasteiger partial charge in [-0.05, 0) is 36.5 Å². The van der Waals surface area contributed by atoms with Crippen LogP contribution in [0, 0.1) is 5.92 Å². The van der Waals surface area contributed by atoms with Crippen molar-refractivity contribution in [2.45, 2.75) is 63.2 Å². The molecule has 0 spiro atoms. The van der Waals surface area contributed by atoms with Crippen LogP contribution in [-0.4, -0.2) is 49.7 Å². The van der Waals surface area contributed by atoms with E-state index in [2.05, 4.69) is 0 Å². The quantitative estimate of drug-likeness (QED) is 0.745. The van der Waals surface area contributed by atoms with Gasteiger partial charge in [-0.2, -0.15) is 4.31 Å². The van der Waals surface area contributed by atoms with Gasteiger partial charge in [0.2, 0.25) is 15.9 Å². The molecule has 1 aromatic carbocycles. The van der Waals surface area contributed by atoms with E-state index in [4.69, 9.17) is 0 Å². The van der Waals surface area contributed by atoms with Gasteiger partial charge < -0.3 is 4.90 Å². The monoisotopic (exact) mass is 392 g/mol. The van der Waals surface area contributed by atoms with Crippen LogP contribution in [0.2, 0.25) is 0 Å². The minimum absolute atomic E-state index is 0.185. The van der Waals surface area contributed by atoms with Gasteiger partial charge in [-0.3, -0.25) is 4.79 Å². The minimum atomic E-state index is -3.47. The lowest BCUT2D eigenvalue weighted by molar-refractivity contribution is -0.132. The Bertz CT molecular complexity index is 716. The second-order valence-electron chi connectivity index (χ2n) is 7.83. The van der Waals surface area contributed by atoms with Gasteiger partial charge in [0.15, 0.2) is 0 Å². The van der Waals surface area contributed by atoms with Gasteiger partial charge in [-0.25, -0.2) is 8.42 Å². The Morgan fingerprint density at radius 2 is 1.63 bits per heavy atom. The molecular weight excluding hydrogens is 360 g/mol. The first-order chi connectivity index (χ1) is 13.0. The molecule has 0 N–H and O–H groups in total. The zero-order valence-corrected chi connectivity index (χ0v) is 17.2. The van der Waals surface area contributed by atoms with Crippen molar-refractivity contribution in [1.29, 1.82) is 0 Å². The number of rotatable bonds is 6. The Balaban J connectivity index is 1.50. The van der Waals surface area contributed by atoms with Crippen molar-refractivity contribution in [3.63, 3.8) is 0 Å². The number of hydrogen-bond acceptors (Lipinski definition) is 3. The summed E-state index contributed by atoms with van der Waals surface area (Å²) in [5.74, 6) is 0.889. The highest BCUT2D eigenvalue weighted by atomic mass is 32.2. The van der Waals surface area contributed by atoms with E-state index in [-0.39, 0.29) is 5.91 Å². The van der Waals surface area contributed by atoms with E-state index < -0.39 is 10.0 Å². The van der Waals surface area contributed by atoms with Gasteiger partial charge >= 0.3 is 0 Å². The summed E-state index contributed by atoms with van der Waals surface area (Å²) in [6.45, 7) is 3.81. The van der Waals surface area contributed by atoms with Crippen LogP contribution in [-0.2, 0) is 21.2 Å². The average molecular weight is 393 g/mol. The lowest BCUT2D eigenvalue weighted by atomic mass is 9.86. The minimum Gasteiger partial charge on any atom is -0.340 e. The Morgan fingerprint density at radius 1 is 1.00 bits per heavy atom. The molecule has 1 aliphatic carbocycles. The highest BCUT2D eigenvalue weighted by molar-refractivity contribution is 7.89. The molecule has 0 radical (unpaired) electrons. The third kappa shape index (κ3) is 5.11. The maximum atomic E-state index is 12.8. The van der Waals surface area contributed by atoms with Gasteiger partial charge in [0, 0.05) is 32.6 Å². The first-order valence-corrected chi connectivity index (χ1v) is 11.8. The second-order valence-corrected chi connectivity index (χ2v) is 9.76. The fraction of sp³-hybridized carbons (Fsp3) is 0.667. The SMILES string of the molecule is CCc1ccc(S(=O)(=O)N2CCN(C(=O)CCC3CCCCC3)CC2)cc1. The van der Waals surface area contributed by atoms with Gasteiger partial charge in [0.1, 0.15) is 0 Å². The molecule has 1 aromatic rings. The Kier molecular flexibility index (Phi) is 6.93. The molecule has 5 nitrogen and oxygen atoms in total. The summed E-state index contributed by atoms with van der Waals surface area (Å²) in [5, 5.41) is 0. The number of aryl methyl sites for hydroxylation is 1. The molecule has 6 heteroatoms. The predicted octanol–water partition coefficient (Wildman–Crippen LogP) is 3.44. The summed E-state index contributed by atoms with van der Waals surface area (Å²) in [7, 11) is -3.47. The van der Waals surface area contributed by atoms with E-state index in [0.29, 0.717) is 43.4 Å². The van der Waals surface area contributed by atoms with Crippen molar-refractivity contribution in [1.82, 2.24) is 9.21 Å². The van der Waals surface area contributed by atoms with Crippen molar-refractivity contribution in [2.24, 2.45) is 5.92 Å². The summed E-state index contributed by atoms with van der Waals surface area (Å²) in [5.41, 5.74) is 1.13. The molecule has 1 heterocycles. The molecule has 0 unspecified atom stereocenters. The fourth-order valence-corrected chi connectivity index (χ4v) is 5.61. The molecular formula is C21H32N2O3S. The molecule has 2 fully saturated rings. The maximum Gasteiger partial charge on any atom is 0.243 e. The van der Waals surface area contributed by atoms with E-state index >= 15 is 0 Å². The molecule has 0 atom stereocenters. The number of nitrogens with zero attached hydrogens (tertiary/aromatic N) is 2. The summed E-state index contributed by atoms with van der Waals surface area (Å²) in [6.07, 6.45) is 8.94. The van der Waals surface area contributed by atoms with Crippen LogP contribution in [0.15, 0.2) is 29.2 Å². The molecule has 1 amide bonds. The topological polar surface area (TPSA) is 57.7 Å². The summed E-state index contributed by atoms with van der Waals surface area (Å²) in [4.78, 5) is 14.7. The smallest absolute Gasteiger partial charge is 0.243 e. The van der Waals surface area contributed by atoms with Crippen molar-refractivity contribution in [3.8, 4) is 0 Å². The standard InChI is InChI=1S/C21H32N2O3S/c1-2-18-8-11-20(12-9-18)27(25,26)23-16-14-22(15-17-23)21(24)13-10-19-6-4-3-5-7-19/h8-9,11-12,19H,2-7,10,13-17H2,1H3. The van der Waals surface area contributed by atoms with E-state index in [1.165, 1.54) is 36.4 Å². The largest absolute Gasteiger partial charge is 0.340 e. The first-order valence-electron chi connectivity index (χ1n) is 10.4. The Hall–Kier alpha value is -1.40. The van der Waals surface area contributed by atoms with E-state index in [9.17, 15) is 13.2 Å². The number of amides is 1. The summed E-state index contributed by atoms with van der Waals surface area (Å²) < 4.78 is 27.1. The van der Waals surface area contributed by atoms with Crippen LogP contribution >= 0.6 is 0 Å². The third-order valence-electron chi connectivity index (χ3n) is 6.05. The van der Waals surface area contributed by atoms with Gasteiger partial charge in [0.05, 0.1) is 4.90 Å².